The van der Waals surface area contributed by atoms with E-state index in [1.54, 1.807) is 24.3 Å². The van der Waals surface area contributed by atoms with Crippen LogP contribution in [0.1, 0.15) is 20.7 Å². The van der Waals surface area contributed by atoms with Gasteiger partial charge in [0.1, 0.15) is 0 Å². The minimum absolute atomic E-state index is 0.0238. The normalized spacial score (nSPS) is 10.4. The maximum atomic E-state index is 12.4. The standard InChI is InChI=1S/C19H16ClN5O5S/c1-29-17(27)11-7-12(18(28)30-2)9-14(8-11)21-16(26)10-31-19-22-23-24-25(19)15-5-3-13(20)4-6-15/h3-9H,10H2,1-2H3,(H,21,26). The molecule has 0 aliphatic heterocycles. The third-order valence-electron chi connectivity index (χ3n) is 3.90. The molecule has 0 fully saturated rings. The zero-order valence-corrected chi connectivity index (χ0v) is 17.9. The number of thioether (sulfide) groups is 1. The maximum absolute atomic E-state index is 12.4. The van der Waals surface area contributed by atoms with Crippen LogP contribution in [0.2, 0.25) is 5.02 Å². The second-order valence-electron chi connectivity index (χ2n) is 5.97. The molecule has 0 saturated carbocycles. The van der Waals surface area contributed by atoms with E-state index in [1.165, 1.54) is 37.1 Å². The predicted molar refractivity (Wildman–Crippen MR) is 113 cm³/mol. The van der Waals surface area contributed by atoms with Crippen molar-refractivity contribution in [3.8, 4) is 5.69 Å². The van der Waals surface area contributed by atoms with Crippen LogP contribution in [-0.2, 0) is 14.3 Å². The number of anilines is 1. The molecule has 1 amide bonds. The van der Waals surface area contributed by atoms with Crippen LogP contribution in [0.15, 0.2) is 47.6 Å². The molecule has 0 radical (unpaired) electrons. The molecule has 31 heavy (non-hydrogen) atoms. The van der Waals surface area contributed by atoms with Gasteiger partial charge < -0.3 is 14.8 Å². The van der Waals surface area contributed by atoms with E-state index in [2.05, 4.69) is 30.3 Å². The average molecular weight is 462 g/mol. The number of amides is 1. The molecule has 10 nitrogen and oxygen atoms in total. The van der Waals surface area contributed by atoms with E-state index in [0.29, 0.717) is 15.9 Å². The molecule has 2 aromatic carbocycles. The van der Waals surface area contributed by atoms with Crippen molar-refractivity contribution in [2.75, 3.05) is 25.3 Å². The lowest BCUT2D eigenvalue weighted by Crippen LogP contribution is -2.16. The molecule has 0 bridgehead atoms. The summed E-state index contributed by atoms with van der Waals surface area (Å²) in [7, 11) is 2.43. The number of nitrogens with zero attached hydrogens (tertiary/aromatic N) is 4. The zero-order valence-electron chi connectivity index (χ0n) is 16.4. The van der Waals surface area contributed by atoms with Gasteiger partial charge in [0.2, 0.25) is 11.1 Å². The van der Waals surface area contributed by atoms with Crippen molar-refractivity contribution in [1.29, 1.82) is 0 Å². The summed E-state index contributed by atoms with van der Waals surface area (Å²) in [6.45, 7) is 0. The van der Waals surface area contributed by atoms with Gasteiger partial charge in [0.25, 0.3) is 0 Å². The van der Waals surface area contributed by atoms with E-state index in [-0.39, 0.29) is 22.6 Å². The van der Waals surface area contributed by atoms with E-state index >= 15 is 0 Å². The van der Waals surface area contributed by atoms with Crippen molar-refractivity contribution in [2.24, 2.45) is 0 Å². The number of hydrogen-bond acceptors (Lipinski definition) is 9. The van der Waals surface area contributed by atoms with Gasteiger partial charge in [-0.05, 0) is 52.9 Å². The summed E-state index contributed by atoms with van der Waals surface area (Å²) in [5.74, 6) is -1.73. The van der Waals surface area contributed by atoms with Crippen molar-refractivity contribution in [3.63, 3.8) is 0 Å². The van der Waals surface area contributed by atoms with E-state index in [9.17, 15) is 14.4 Å². The van der Waals surface area contributed by atoms with Gasteiger partial charge in [-0.1, -0.05) is 23.4 Å². The molecule has 160 valence electrons. The lowest BCUT2D eigenvalue weighted by molar-refractivity contribution is -0.113. The number of carbonyl (C=O) groups excluding carboxylic acids is 3. The van der Waals surface area contributed by atoms with Gasteiger partial charge >= 0.3 is 11.9 Å². The fraction of sp³-hybridized carbons (Fsp3) is 0.158. The molecule has 3 rings (SSSR count). The van der Waals surface area contributed by atoms with Gasteiger partial charge in [0.05, 0.1) is 36.8 Å². The summed E-state index contributed by atoms with van der Waals surface area (Å²) in [5.41, 5.74) is 1.12. The quantitative estimate of drug-likeness (QED) is 0.417. The van der Waals surface area contributed by atoms with Gasteiger partial charge in [0.15, 0.2) is 0 Å². The maximum Gasteiger partial charge on any atom is 0.337 e. The Labute approximate surface area is 185 Å². The molecule has 1 heterocycles. The van der Waals surface area contributed by atoms with Crippen LogP contribution in [0.4, 0.5) is 5.69 Å². The molecular weight excluding hydrogens is 446 g/mol. The minimum atomic E-state index is -0.655. The predicted octanol–water partition coefficient (Wildman–Crippen LogP) is 2.62. The fourth-order valence-electron chi connectivity index (χ4n) is 2.51. The SMILES string of the molecule is COC(=O)c1cc(NC(=O)CSc2nnnn2-c2ccc(Cl)cc2)cc(C(=O)OC)c1. The average Bonchev–Trinajstić information content (AvgIpc) is 3.25. The lowest BCUT2D eigenvalue weighted by Gasteiger charge is -2.09. The molecule has 0 aliphatic rings. The second kappa shape index (κ2) is 10.0. The van der Waals surface area contributed by atoms with Crippen LogP contribution in [0.3, 0.4) is 0 Å². The van der Waals surface area contributed by atoms with Crippen LogP contribution >= 0.6 is 23.4 Å². The van der Waals surface area contributed by atoms with Crippen LogP contribution < -0.4 is 5.32 Å². The smallest absolute Gasteiger partial charge is 0.337 e. The summed E-state index contributed by atoms with van der Waals surface area (Å²) >= 11 is 7.00. The molecule has 1 aromatic heterocycles. The Morgan fingerprint density at radius 2 is 1.65 bits per heavy atom. The van der Waals surface area contributed by atoms with Gasteiger partial charge in [-0.2, -0.15) is 4.68 Å². The highest BCUT2D eigenvalue weighted by molar-refractivity contribution is 7.99. The van der Waals surface area contributed by atoms with Gasteiger partial charge in [-0.3, -0.25) is 4.79 Å². The van der Waals surface area contributed by atoms with Crippen LogP contribution in [0.5, 0.6) is 0 Å². The van der Waals surface area contributed by atoms with Crippen molar-refractivity contribution < 1.29 is 23.9 Å². The highest BCUT2D eigenvalue weighted by Crippen LogP contribution is 2.21. The van der Waals surface area contributed by atoms with Crippen LogP contribution in [-0.4, -0.2) is 58.0 Å². The first-order valence-corrected chi connectivity index (χ1v) is 10.1. The van der Waals surface area contributed by atoms with Gasteiger partial charge in [-0.25, -0.2) is 9.59 Å². The highest BCUT2D eigenvalue weighted by atomic mass is 35.5. The van der Waals surface area contributed by atoms with Crippen molar-refractivity contribution in [1.82, 2.24) is 20.2 Å². The number of halogens is 1. The number of tetrazole rings is 1. The minimum Gasteiger partial charge on any atom is -0.465 e. The number of esters is 2. The number of ether oxygens (including phenoxy) is 2. The number of hydrogen-bond donors (Lipinski definition) is 1. The van der Waals surface area contributed by atoms with E-state index in [4.69, 9.17) is 11.6 Å². The summed E-state index contributed by atoms with van der Waals surface area (Å²) in [6, 6.07) is 11.0. The van der Waals surface area contributed by atoms with Gasteiger partial charge in [-0.15, -0.1) is 5.10 Å². The summed E-state index contributed by atoms with van der Waals surface area (Å²) < 4.78 is 10.8. The second-order valence-corrected chi connectivity index (χ2v) is 7.35. The van der Waals surface area contributed by atoms with E-state index < -0.39 is 17.8 Å². The molecule has 0 atom stereocenters. The lowest BCUT2D eigenvalue weighted by atomic mass is 10.1. The molecule has 12 heteroatoms. The Balaban J connectivity index is 1.72. The molecule has 3 aromatic rings. The number of benzene rings is 2. The third-order valence-corrected chi connectivity index (χ3v) is 5.07. The Kier molecular flexibility index (Phi) is 7.21. The van der Waals surface area contributed by atoms with Crippen LogP contribution in [0.25, 0.3) is 5.69 Å². The summed E-state index contributed by atoms with van der Waals surface area (Å²) in [4.78, 5) is 36.2. The number of rotatable bonds is 7. The number of methoxy groups -OCH3 is 2. The van der Waals surface area contributed by atoms with E-state index in [1.807, 2.05) is 0 Å². The first-order chi connectivity index (χ1) is 14.9. The molecule has 0 unspecified atom stereocenters. The summed E-state index contributed by atoms with van der Waals surface area (Å²) in [6.07, 6.45) is 0. The number of nitrogens with one attached hydrogen (secondary N) is 1. The molecule has 0 spiro atoms. The molecular formula is C19H16ClN5O5S. The highest BCUT2D eigenvalue weighted by Gasteiger charge is 2.16. The Morgan fingerprint density at radius 1 is 1.03 bits per heavy atom. The number of carbonyl (C=O) groups is 3. The Morgan fingerprint density at radius 3 is 2.23 bits per heavy atom. The van der Waals surface area contributed by atoms with Crippen molar-refractivity contribution in [2.45, 2.75) is 5.16 Å². The molecule has 0 saturated heterocycles. The monoisotopic (exact) mass is 461 g/mol. The first kappa shape index (κ1) is 22.2. The Bertz CT molecular complexity index is 1080. The number of aromatic nitrogens is 4. The fourth-order valence-corrected chi connectivity index (χ4v) is 3.33. The first-order valence-electron chi connectivity index (χ1n) is 8.70. The van der Waals surface area contributed by atoms with Crippen molar-refractivity contribution >= 4 is 46.9 Å². The zero-order chi connectivity index (χ0) is 22.4. The van der Waals surface area contributed by atoms with Gasteiger partial charge in [0, 0.05) is 10.7 Å². The summed E-state index contributed by atoms with van der Waals surface area (Å²) in [5, 5.41) is 15.1. The largest absolute Gasteiger partial charge is 0.465 e. The Hall–Kier alpha value is -3.44. The third kappa shape index (κ3) is 5.58. The topological polar surface area (TPSA) is 125 Å². The van der Waals surface area contributed by atoms with Crippen molar-refractivity contribution in [3.05, 3.63) is 58.6 Å². The van der Waals surface area contributed by atoms with E-state index in [0.717, 1.165) is 11.8 Å². The van der Waals surface area contributed by atoms with Crippen LogP contribution in [0, 0.1) is 0 Å². The molecule has 0 aliphatic carbocycles. The molecule has 1 N–H and O–H groups in total.